The fraction of sp³-hybridized carbons (Fsp3) is 0.357. The number of nitrogens with one attached hydrogen (secondary N) is 2. The minimum absolute atomic E-state index is 0.0567. The van der Waals surface area contributed by atoms with E-state index in [-0.39, 0.29) is 5.41 Å². The predicted octanol–water partition coefficient (Wildman–Crippen LogP) is 5.10. The standard InChI is InChI=1S/C28H32ClN5OS/c29-23-6-4-5-22(19-23)28(11-17-35-18-12-28)21-31-27(36)32-24-9-10-26(30-20-24)34-15-13-33(14-16-34)25-7-2-1-3-8-25/h1-10,19-20H,11-18,21H2,(H2,31,32,36). The summed E-state index contributed by atoms with van der Waals surface area (Å²) < 4.78 is 5.64. The molecular weight excluding hydrogens is 490 g/mol. The highest BCUT2D eigenvalue weighted by molar-refractivity contribution is 7.80. The molecule has 5 rings (SSSR count). The SMILES string of the molecule is S=C(NCC1(c2cccc(Cl)c2)CCOCC1)Nc1ccc(N2CCN(c3ccccc3)CC2)nc1. The molecule has 0 radical (unpaired) electrons. The molecule has 2 aromatic carbocycles. The lowest BCUT2D eigenvalue weighted by Gasteiger charge is -2.38. The summed E-state index contributed by atoms with van der Waals surface area (Å²) in [5.74, 6) is 0.995. The molecule has 0 saturated carbocycles. The van der Waals surface area contributed by atoms with Crippen LogP contribution in [0.25, 0.3) is 0 Å². The monoisotopic (exact) mass is 521 g/mol. The van der Waals surface area contributed by atoms with E-state index in [0.717, 1.165) is 75.3 Å². The third-order valence-corrected chi connectivity index (χ3v) is 7.69. The van der Waals surface area contributed by atoms with E-state index in [4.69, 9.17) is 33.5 Å². The molecule has 0 atom stereocenters. The number of benzene rings is 2. The van der Waals surface area contributed by atoms with Gasteiger partial charge in [0.25, 0.3) is 0 Å². The number of pyridine rings is 1. The summed E-state index contributed by atoms with van der Waals surface area (Å²) in [7, 11) is 0. The second-order valence-corrected chi connectivity index (χ2v) is 10.3. The van der Waals surface area contributed by atoms with Crippen LogP contribution >= 0.6 is 23.8 Å². The molecule has 0 aliphatic carbocycles. The molecule has 0 amide bonds. The summed E-state index contributed by atoms with van der Waals surface area (Å²) >= 11 is 11.9. The van der Waals surface area contributed by atoms with Crippen molar-refractivity contribution in [2.45, 2.75) is 18.3 Å². The molecule has 3 heterocycles. The lowest BCUT2D eigenvalue weighted by Crippen LogP contribution is -2.46. The zero-order valence-electron chi connectivity index (χ0n) is 20.3. The van der Waals surface area contributed by atoms with Crippen LogP contribution in [-0.2, 0) is 10.2 Å². The molecule has 0 spiro atoms. The Kier molecular flexibility index (Phi) is 7.90. The molecule has 3 aromatic rings. The van der Waals surface area contributed by atoms with Gasteiger partial charge in [-0.1, -0.05) is 41.9 Å². The van der Waals surface area contributed by atoms with Gasteiger partial charge < -0.3 is 25.2 Å². The maximum absolute atomic E-state index is 6.30. The highest BCUT2D eigenvalue weighted by atomic mass is 35.5. The van der Waals surface area contributed by atoms with E-state index in [1.54, 1.807) is 0 Å². The van der Waals surface area contributed by atoms with Crippen LogP contribution in [0.4, 0.5) is 17.2 Å². The summed E-state index contributed by atoms with van der Waals surface area (Å²) in [4.78, 5) is 9.46. The Hall–Kier alpha value is -2.87. The maximum Gasteiger partial charge on any atom is 0.170 e. The zero-order valence-corrected chi connectivity index (χ0v) is 21.9. The Balaban J connectivity index is 1.15. The van der Waals surface area contributed by atoms with Crippen molar-refractivity contribution < 1.29 is 4.74 Å². The third kappa shape index (κ3) is 5.91. The second-order valence-electron chi connectivity index (χ2n) is 9.43. The van der Waals surface area contributed by atoms with Gasteiger partial charge in [0.15, 0.2) is 5.11 Å². The van der Waals surface area contributed by atoms with E-state index in [0.29, 0.717) is 5.11 Å². The van der Waals surface area contributed by atoms with E-state index in [9.17, 15) is 0 Å². The Morgan fingerprint density at radius 1 is 0.944 bits per heavy atom. The number of aromatic nitrogens is 1. The molecule has 1 aromatic heterocycles. The first-order chi connectivity index (χ1) is 17.6. The number of halogens is 1. The van der Waals surface area contributed by atoms with Crippen molar-refractivity contribution >= 4 is 46.1 Å². The summed E-state index contributed by atoms with van der Waals surface area (Å²) in [6.07, 6.45) is 3.71. The van der Waals surface area contributed by atoms with Gasteiger partial charge in [0.1, 0.15) is 5.82 Å². The molecule has 2 N–H and O–H groups in total. The summed E-state index contributed by atoms with van der Waals surface area (Å²) in [6, 6.07) is 22.8. The second kappa shape index (κ2) is 11.5. The fourth-order valence-corrected chi connectivity index (χ4v) is 5.43. The normalized spacial score (nSPS) is 17.5. The van der Waals surface area contributed by atoms with Gasteiger partial charge in [0.2, 0.25) is 0 Å². The lowest BCUT2D eigenvalue weighted by molar-refractivity contribution is 0.0515. The number of hydrogen-bond donors (Lipinski definition) is 2. The first-order valence-electron chi connectivity index (χ1n) is 12.5. The minimum atomic E-state index is -0.0567. The van der Waals surface area contributed by atoms with Gasteiger partial charge in [-0.3, -0.25) is 0 Å². The van der Waals surface area contributed by atoms with E-state index in [1.165, 1.54) is 11.3 Å². The Labute approximate surface area is 223 Å². The third-order valence-electron chi connectivity index (χ3n) is 7.20. The molecule has 8 heteroatoms. The highest BCUT2D eigenvalue weighted by Crippen LogP contribution is 2.35. The number of piperazine rings is 1. The van der Waals surface area contributed by atoms with Gasteiger partial charge in [-0.05, 0) is 67.0 Å². The number of thiocarbonyl (C=S) groups is 1. The van der Waals surface area contributed by atoms with Crippen LogP contribution in [0.1, 0.15) is 18.4 Å². The molecule has 2 aliphatic heterocycles. The average molecular weight is 522 g/mol. The van der Waals surface area contributed by atoms with E-state index >= 15 is 0 Å². The molecule has 0 unspecified atom stereocenters. The topological polar surface area (TPSA) is 52.7 Å². The lowest BCUT2D eigenvalue weighted by atomic mass is 9.74. The number of anilines is 3. The van der Waals surface area contributed by atoms with Crippen molar-refractivity contribution in [3.63, 3.8) is 0 Å². The van der Waals surface area contributed by atoms with Gasteiger partial charge in [-0.25, -0.2) is 4.98 Å². The van der Waals surface area contributed by atoms with Crippen molar-refractivity contribution in [1.29, 1.82) is 0 Å². The summed E-state index contributed by atoms with van der Waals surface area (Å²) in [6.45, 7) is 6.06. The molecule has 6 nitrogen and oxygen atoms in total. The van der Waals surface area contributed by atoms with E-state index in [1.807, 2.05) is 24.4 Å². The van der Waals surface area contributed by atoms with Gasteiger partial charge in [0, 0.05) is 62.1 Å². The summed E-state index contributed by atoms with van der Waals surface area (Å²) in [5.41, 5.74) is 3.33. The molecule has 36 heavy (non-hydrogen) atoms. The molecular formula is C28H32ClN5OS. The van der Waals surface area contributed by atoms with Crippen LogP contribution < -0.4 is 20.4 Å². The Morgan fingerprint density at radius 3 is 2.39 bits per heavy atom. The molecule has 188 valence electrons. The van der Waals surface area contributed by atoms with Crippen molar-refractivity contribution in [3.05, 3.63) is 83.5 Å². The number of hydrogen-bond acceptors (Lipinski definition) is 5. The van der Waals surface area contributed by atoms with Crippen molar-refractivity contribution in [3.8, 4) is 0 Å². The van der Waals surface area contributed by atoms with Crippen molar-refractivity contribution in [2.24, 2.45) is 0 Å². The summed E-state index contributed by atoms with van der Waals surface area (Å²) in [5, 5.41) is 8.08. The number of nitrogens with zero attached hydrogens (tertiary/aromatic N) is 3. The predicted molar refractivity (Wildman–Crippen MR) is 153 cm³/mol. The number of para-hydroxylation sites is 1. The van der Waals surface area contributed by atoms with E-state index in [2.05, 4.69) is 69.0 Å². The van der Waals surface area contributed by atoms with Crippen LogP contribution in [0.15, 0.2) is 72.9 Å². The number of rotatable bonds is 6. The Morgan fingerprint density at radius 2 is 1.69 bits per heavy atom. The van der Waals surface area contributed by atoms with Crippen LogP contribution in [0, 0.1) is 0 Å². The first-order valence-corrected chi connectivity index (χ1v) is 13.3. The first kappa shape index (κ1) is 24.8. The van der Waals surface area contributed by atoms with Crippen LogP contribution in [0.3, 0.4) is 0 Å². The van der Waals surface area contributed by atoms with Gasteiger partial charge in [-0.15, -0.1) is 0 Å². The molecule has 2 saturated heterocycles. The average Bonchev–Trinajstić information content (AvgIpc) is 2.93. The van der Waals surface area contributed by atoms with Crippen LogP contribution in [-0.4, -0.2) is 56.0 Å². The molecule has 2 fully saturated rings. The van der Waals surface area contributed by atoms with Crippen LogP contribution in [0.5, 0.6) is 0 Å². The van der Waals surface area contributed by atoms with Crippen molar-refractivity contribution in [1.82, 2.24) is 10.3 Å². The van der Waals surface area contributed by atoms with E-state index < -0.39 is 0 Å². The quantitative estimate of drug-likeness (QED) is 0.438. The fourth-order valence-electron chi connectivity index (χ4n) is 5.05. The number of ether oxygens (including phenoxy) is 1. The molecule has 2 aliphatic rings. The zero-order chi connectivity index (χ0) is 24.8. The van der Waals surface area contributed by atoms with Gasteiger partial charge in [0.05, 0.1) is 11.9 Å². The minimum Gasteiger partial charge on any atom is -0.381 e. The van der Waals surface area contributed by atoms with Crippen molar-refractivity contribution in [2.75, 3.05) is 61.1 Å². The largest absolute Gasteiger partial charge is 0.381 e. The van der Waals surface area contributed by atoms with Gasteiger partial charge >= 0.3 is 0 Å². The maximum atomic E-state index is 6.30. The van der Waals surface area contributed by atoms with Gasteiger partial charge in [-0.2, -0.15) is 0 Å². The van der Waals surface area contributed by atoms with Crippen LogP contribution in [0.2, 0.25) is 5.02 Å². The smallest absolute Gasteiger partial charge is 0.170 e. The molecule has 0 bridgehead atoms. The Bertz CT molecular complexity index is 1150. The highest BCUT2D eigenvalue weighted by Gasteiger charge is 2.34.